The zero-order valence-corrected chi connectivity index (χ0v) is 27.3. The molecule has 0 saturated carbocycles. The number of rotatable bonds is 7. The Kier molecular flexibility index (Phi) is 8.76. The number of thiophene rings is 1. The monoisotopic (exact) mass is 619 g/mol. The minimum absolute atomic E-state index is 0.167. The van der Waals surface area contributed by atoms with E-state index in [0.717, 1.165) is 60.5 Å². The molecule has 6 rings (SSSR count). The molecule has 1 aliphatic heterocycles. The summed E-state index contributed by atoms with van der Waals surface area (Å²) in [5, 5.41) is 14.2. The number of fused-ring (bicyclic) bond motifs is 1. The van der Waals surface area contributed by atoms with Gasteiger partial charge in [-0.15, -0.1) is 11.3 Å². The van der Waals surface area contributed by atoms with Crippen LogP contribution in [0, 0.1) is 12.8 Å². The smallest absolute Gasteiger partial charge is 0.324 e. The van der Waals surface area contributed by atoms with Crippen LogP contribution in [-0.2, 0) is 23.1 Å². The van der Waals surface area contributed by atoms with Gasteiger partial charge in [-0.25, -0.2) is 9.48 Å². The Morgan fingerprint density at radius 3 is 2.44 bits per heavy atom. The van der Waals surface area contributed by atoms with Crippen molar-refractivity contribution in [1.29, 1.82) is 0 Å². The highest BCUT2D eigenvalue weighted by atomic mass is 32.1. The van der Waals surface area contributed by atoms with Gasteiger partial charge in [0.1, 0.15) is 5.82 Å². The van der Waals surface area contributed by atoms with E-state index in [-0.39, 0.29) is 17.4 Å². The first-order valence-electron chi connectivity index (χ1n) is 15.7. The van der Waals surface area contributed by atoms with Crippen LogP contribution >= 0.6 is 11.3 Å². The van der Waals surface area contributed by atoms with Gasteiger partial charge in [0, 0.05) is 35.0 Å². The van der Waals surface area contributed by atoms with Crippen LogP contribution in [0.4, 0.5) is 16.3 Å². The molecule has 3 amide bonds. The molecule has 0 spiro atoms. The highest BCUT2D eigenvalue weighted by Crippen LogP contribution is 2.29. The van der Waals surface area contributed by atoms with Gasteiger partial charge in [-0.3, -0.25) is 10.1 Å². The van der Waals surface area contributed by atoms with E-state index in [1.165, 1.54) is 15.6 Å². The first-order chi connectivity index (χ1) is 21.6. The molecular formula is C37H41N5O2S. The fraction of sp³-hybridized carbons (Fsp3) is 0.324. The third kappa shape index (κ3) is 7.28. The molecule has 1 aliphatic rings. The molecule has 0 radical (unpaired) electrons. The van der Waals surface area contributed by atoms with Crippen molar-refractivity contribution in [2.45, 2.75) is 58.8 Å². The lowest BCUT2D eigenvalue weighted by Crippen LogP contribution is -2.39. The topological polar surface area (TPSA) is 79.3 Å². The Hall–Kier alpha value is -4.43. The Bertz CT molecular complexity index is 1810. The highest BCUT2D eigenvalue weighted by Gasteiger charge is 2.24. The number of carbonyl (C=O) groups is 2. The maximum atomic E-state index is 13.2. The number of carbonyl (C=O) groups excluding carboxylic acids is 2. The van der Waals surface area contributed by atoms with E-state index in [1.807, 2.05) is 66.4 Å². The number of aryl methyl sites for hydroxylation is 1. The fourth-order valence-electron chi connectivity index (χ4n) is 5.94. The average Bonchev–Trinajstić information content (AvgIpc) is 3.63. The van der Waals surface area contributed by atoms with Crippen LogP contribution in [0.15, 0.2) is 84.2 Å². The second-order valence-electron chi connectivity index (χ2n) is 13.2. The summed E-state index contributed by atoms with van der Waals surface area (Å²) in [7, 11) is 0. The first kappa shape index (κ1) is 30.6. The molecule has 5 aromatic rings. The number of urea groups is 1. The van der Waals surface area contributed by atoms with E-state index in [4.69, 9.17) is 5.10 Å². The summed E-state index contributed by atoms with van der Waals surface area (Å²) in [6, 6.07) is 26.1. The van der Waals surface area contributed by atoms with Crippen molar-refractivity contribution >= 4 is 44.9 Å². The summed E-state index contributed by atoms with van der Waals surface area (Å²) in [6.07, 6.45) is 3.35. The van der Waals surface area contributed by atoms with Gasteiger partial charge in [-0.2, -0.15) is 5.10 Å². The molecule has 3 aromatic carbocycles. The highest BCUT2D eigenvalue weighted by molar-refractivity contribution is 7.17. The number of aromatic nitrogens is 2. The van der Waals surface area contributed by atoms with Gasteiger partial charge >= 0.3 is 6.03 Å². The average molecular weight is 620 g/mol. The van der Waals surface area contributed by atoms with Gasteiger partial charge in [-0.05, 0) is 84.3 Å². The summed E-state index contributed by atoms with van der Waals surface area (Å²) >= 11 is 1.71. The lowest BCUT2D eigenvalue weighted by molar-refractivity contribution is -0.131. The molecule has 232 valence electrons. The molecule has 8 heteroatoms. The van der Waals surface area contributed by atoms with Crippen LogP contribution in [0.5, 0.6) is 0 Å². The number of amides is 3. The van der Waals surface area contributed by atoms with Gasteiger partial charge in [0.15, 0.2) is 0 Å². The molecule has 1 saturated heterocycles. The Labute approximate surface area is 269 Å². The van der Waals surface area contributed by atoms with Gasteiger partial charge in [0.25, 0.3) is 0 Å². The van der Waals surface area contributed by atoms with Crippen LogP contribution in [0.2, 0.25) is 0 Å². The minimum atomic E-state index is -0.314. The standard InChI is InChI=1S/C37H41N5O2S/c1-25-12-14-30(15-13-25)42-34(23-33(40-42)37(2,3)4)39-36(44)38-29-9-7-8-27(21-29)20-26-16-18-41(19-17-26)35(43)22-28-24-45-32-11-6-5-10-31(28)32/h5-15,21,23-24,26H,16-20,22H2,1-4H3,(H2,38,39,44). The molecule has 7 nitrogen and oxygen atoms in total. The maximum Gasteiger partial charge on any atom is 0.324 e. The number of hydrogen-bond acceptors (Lipinski definition) is 4. The zero-order chi connectivity index (χ0) is 31.6. The van der Waals surface area contributed by atoms with Crippen LogP contribution < -0.4 is 10.6 Å². The van der Waals surface area contributed by atoms with E-state index >= 15 is 0 Å². The van der Waals surface area contributed by atoms with Gasteiger partial charge in [0.05, 0.1) is 17.8 Å². The van der Waals surface area contributed by atoms with Gasteiger partial charge in [-0.1, -0.05) is 68.8 Å². The van der Waals surface area contributed by atoms with Crippen molar-refractivity contribution in [1.82, 2.24) is 14.7 Å². The number of hydrogen-bond donors (Lipinski definition) is 2. The molecular weight excluding hydrogens is 579 g/mol. The third-order valence-electron chi connectivity index (χ3n) is 8.58. The van der Waals surface area contributed by atoms with Gasteiger partial charge < -0.3 is 10.2 Å². The van der Waals surface area contributed by atoms with Crippen molar-refractivity contribution in [2.24, 2.45) is 5.92 Å². The molecule has 45 heavy (non-hydrogen) atoms. The largest absolute Gasteiger partial charge is 0.342 e. The van der Waals surface area contributed by atoms with E-state index in [0.29, 0.717) is 18.2 Å². The third-order valence-corrected chi connectivity index (χ3v) is 9.59. The lowest BCUT2D eigenvalue weighted by atomic mass is 9.90. The summed E-state index contributed by atoms with van der Waals surface area (Å²) in [4.78, 5) is 28.3. The van der Waals surface area contributed by atoms with Crippen molar-refractivity contribution in [3.8, 4) is 5.69 Å². The Balaban J connectivity index is 1.04. The fourth-order valence-corrected chi connectivity index (χ4v) is 6.90. The number of piperidine rings is 1. The van der Waals surface area contributed by atoms with Gasteiger partial charge in [0.2, 0.25) is 5.91 Å². The van der Waals surface area contributed by atoms with E-state index in [1.54, 1.807) is 16.0 Å². The Morgan fingerprint density at radius 2 is 1.69 bits per heavy atom. The van der Waals surface area contributed by atoms with E-state index < -0.39 is 0 Å². The summed E-state index contributed by atoms with van der Waals surface area (Å²) in [6.45, 7) is 9.96. The second-order valence-corrected chi connectivity index (χ2v) is 14.1. The predicted octanol–water partition coefficient (Wildman–Crippen LogP) is 8.36. The van der Waals surface area contributed by atoms with Crippen LogP contribution in [0.1, 0.15) is 56.0 Å². The molecule has 0 bridgehead atoms. The normalized spacial score (nSPS) is 14.1. The van der Waals surface area contributed by atoms with Crippen molar-refractivity contribution in [3.63, 3.8) is 0 Å². The number of nitrogens with one attached hydrogen (secondary N) is 2. The zero-order valence-electron chi connectivity index (χ0n) is 26.5. The molecule has 2 aromatic heterocycles. The molecule has 3 heterocycles. The molecule has 1 fully saturated rings. The van der Waals surface area contributed by atoms with Crippen molar-refractivity contribution < 1.29 is 9.59 Å². The Morgan fingerprint density at radius 1 is 0.933 bits per heavy atom. The van der Waals surface area contributed by atoms with Crippen molar-refractivity contribution in [3.05, 3.63) is 107 Å². The number of benzene rings is 3. The predicted molar refractivity (Wildman–Crippen MR) is 185 cm³/mol. The molecule has 2 N–H and O–H groups in total. The minimum Gasteiger partial charge on any atom is -0.342 e. The van der Waals surface area contributed by atoms with Crippen LogP contribution in [-0.4, -0.2) is 39.7 Å². The van der Waals surface area contributed by atoms with E-state index in [9.17, 15) is 9.59 Å². The summed E-state index contributed by atoms with van der Waals surface area (Å²) in [5.41, 5.74) is 5.84. The quantitative estimate of drug-likeness (QED) is 0.192. The SMILES string of the molecule is Cc1ccc(-n2nc(C(C)(C)C)cc2NC(=O)Nc2cccc(CC3CCN(C(=O)Cc4csc5ccccc45)CC3)c2)cc1. The first-order valence-corrected chi connectivity index (χ1v) is 16.6. The maximum absolute atomic E-state index is 13.2. The molecule has 0 aliphatic carbocycles. The molecule has 0 atom stereocenters. The van der Waals surface area contributed by atoms with Crippen molar-refractivity contribution in [2.75, 3.05) is 23.7 Å². The lowest BCUT2D eigenvalue weighted by Gasteiger charge is -2.32. The number of nitrogens with zero attached hydrogens (tertiary/aromatic N) is 3. The summed E-state index contributed by atoms with van der Waals surface area (Å²) < 4.78 is 3.02. The number of likely N-dealkylation sites (tertiary alicyclic amines) is 1. The van der Waals surface area contributed by atoms with Crippen LogP contribution in [0.3, 0.4) is 0 Å². The number of anilines is 2. The van der Waals surface area contributed by atoms with E-state index in [2.05, 4.69) is 61.1 Å². The second kappa shape index (κ2) is 12.9. The molecule has 0 unspecified atom stereocenters. The van der Waals surface area contributed by atoms with Crippen LogP contribution in [0.25, 0.3) is 15.8 Å². The summed E-state index contributed by atoms with van der Waals surface area (Å²) in [5.74, 6) is 1.33.